The highest BCUT2D eigenvalue weighted by Crippen LogP contribution is 2.33. The lowest BCUT2D eigenvalue weighted by molar-refractivity contribution is -0.120. The molecule has 0 bridgehead atoms. The maximum absolute atomic E-state index is 13.4. The van der Waals surface area contributed by atoms with Crippen LogP contribution in [0.3, 0.4) is 0 Å². The molecule has 0 fully saturated rings. The van der Waals surface area contributed by atoms with E-state index in [4.69, 9.17) is 9.72 Å². The monoisotopic (exact) mass is 453 g/mol. The highest BCUT2D eigenvalue weighted by atomic mass is 32.1. The number of rotatable bonds is 6. The van der Waals surface area contributed by atoms with Gasteiger partial charge in [-0.2, -0.15) is 0 Å². The number of thiazole rings is 1. The van der Waals surface area contributed by atoms with Crippen molar-refractivity contribution in [1.29, 1.82) is 0 Å². The Bertz CT molecular complexity index is 1450. The Hall–Kier alpha value is -3.77. The Morgan fingerprint density at radius 3 is 2.61 bits per heavy atom. The van der Waals surface area contributed by atoms with Crippen molar-refractivity contribution in [2.24, 2.45) is 0 Å². The van der Waals surface area contributed by atoms with Crippen molar-refractivity contribution in [2.75, 3.05) is 11.5 Å². The third-order valence-corrected chi connectivity index (χ3v) is 6.70. The molecule has 0 atom stereocenters. The summed E-state index contributed by atoms with van der Waals surface area (Å²) >= 11 is 1.52. The average Bonchev–Trinajstić information content (AvgIpc) is 3.25. The zero-order valence-corrected chi connectivity index (χ0v) is 19.3. The van der Waals surface area contributed by atoms with Gasteiger partial charge in [-0.15, -0.1) is 0 Å². The van der Waals surface area contributed by atoms with Gasteiger partial charge in [0.2, 0.25) is 0 Å². The number of carbonyl (C=O) groups is 1. The van der Waals surface area contributed by atoms with Crippen molar-refractivity contribution < 1.29 is 9.53 Å². The third-order valence-electron chi connectivity index (χ3n) is 5.47. The smallest absolute Gasteiger partial charge is 0.267 e. The molecule has 33 heavy (non-hydrogen) atoms. The molecule has 0 radical (unpaired) electrons. The number of ether oxygens (including phenoxy) is 1. The number of hydrogen-bond donors (Lipinski definition) is 0. The number of hydrogen-bond acceptors (Lipinski definition) is 5. The molecule has 0 saturated carbocycles. The summed E-state index contributed by atoms with van der Waals surface area (Å²) in [5.41, 5.74) is 4.01. The van der Waals surface area contributed by atoms with Crippen LogP contribution in [0.25, 0.3) is 21.0 Å². The molecule has 5 nitrogen and oxygen atoms in total. The molecule has 0 unspecified atom stereocenters. The van der Waals surface area contributed by atoms with Crippen LogP contribution in [0.2, 0.25) is 0 Å². The molecule has 0 spiro atoms. The van der Waals surface area contributed by atoms with Crippen LogP contribution in [0, 0.1) is 13.8 Å². The SMILES string of the molecule is Cc1cc(C)c2sc(N(Cc3ccccn3)C(=O)COc3ccc4ccccc4c3)nc2c1. The lowest BCUT2D eigenvalue weighted by Gasteiger charge is -2.19. The van der Waals surface area contributed by atoms with Gasteiger partial charge in [0.05, 0.1) is 22.5 Å². The molecule has 0 saturated heterocycles. The van der Waals surface area contributed by atoms with Crippen molar-refractivity contribution in [1.82, 2.24) is 9.97 Å². The van der Waals surface area contributed by atoms with Gasteiger partial charge in [-0.05, 0) is 66.1 Å². The topological polar surface area (TPSA) is 55.3 Å². The minimum atomic E-state index is -0.165. The minimum absolute atomic E-state index is 0.0842. The van der Waals surface area contributed by atoms with Crippen LogP contribution in [0.4, 0.5) is 5.13 Å². The predicted molar refractivity (Wildman–Crippen MR) is 134 cm³/mol. The van der Waals surface area contributed by atoms with Crippen molar-refractivity contribution in [3.05, 3.63) is 95.8 Å². The zero-order valence-electron chi connectivity index (χ0n) is 18.5. The molecule has 6 heteroatoms. The average molecular weight is 454 g/mol. The van der Waals surface area contributed by atoms with E-state index in [2.05, 4.69) is 37.0 Å². The maximum atomic E-state index is 13.4. The Labute approximate surface area is 196 Å². The van der Waals surface area contributed by atoms with Gasteiger partial charge >= 0.3 is 0 Å². The Balaban J connectivity index is 1.43. The predicted octanol–water partition coefficient (Wildman–Crippen LogP) is 6.07. The van der Waals surface area contributed by atoms with Gasteiger partial charge in [-0.25, -0.2) is 4.98 Å². The highest BCUT2D eigenvalue weighted by molar-refractivity contribution is 7.22. The maximum Gasteiger partial charge on any atom is 0.267 e. The number of carbonyl (C=O) groups excluding carboxylic acids is 1. The van der Waals surface area contributed by atoms with E-state index in [1.54, 1.807) is 11.1 Å². The fourth-order valence-corrected chi connectivity index (χ4v) is 4.91. The molecule has 3 aromatic carbocycles. The number of pyridine rings is 1. The van der Waals surface area contributed by atoms with Crippen molar-refractivity contribution in [3.63, 3.8) is 0 Å². The van der Waals surface area contributed by atoms with Crippen LogP contribution in [-0.4, -0.2) is 22.5 Å². The van der Waals surface area contributed by atoms with Gasteiger partial charge in [0.1, 0.15) is 5.75 Å². The van der Waals surface area contributed by atoms with Gasteiger partial charge in [-0.3, -0.25) is 14.7 Å². The third kappa shape index (κ3) is 4.56. The van der Waals surface area contributed by atoms with Crippen LogP contribution in [-0.2, 0) is 11.3 Å². The summed E-state index contributed by atoms with van der Waals surface area (Å²) in [7, 11) is 0. The van der Waals surface area contributed by atoms with Crippen molar-refractivity contribution >= 4 is 43.4 Å². The Morgan fingerprint density at radius 2 is 1.79 bits per heavy atom. The highest BCUT2D eigenvalue weighted by Gasteiger charge is 2.22. The lowest BCUT2D eigenvalue weighted by Crippen LogP contribution is -2.34. The lowest BCUT2D eigenvalue weighted by atomic mass is 10.1. The number of nitrogens with zero attached hydrogens (tertiary/aromatic N) is 3. The summed E-state index contributed by atoms with van der Waals surface area (Å²) in [5.74, 6) is 0.498. The molecule has 5 rings (SSSR count). The van der Waals surface area contributed by atoms with Gasteiger partial charge in [0.25, 0.3) is 5.91 Å². The van der Waals surface area contributed by atoms with Crippen LogP contribution in [0.1, 0.15) is 16.8 Å². The second-order valence-electron chi connectivity index (χ2n) is 8.03. The number of anilines is 1. The zero-order chi connectivity index (χ0) is 22.8. The van der Waals surface area contributed by atoms with Crippen molar-refractivity contribution in [3.8, 4) is 5.75 Å². The van der Waals surface area contributed by atoms with Crippen LogP contribution >= 0.6 is 11.3 Å². The second kappa shape index (κ2) is 9.00. The number of aryl methyl sites for hydroxylation is 2. The minimum Gasteiger partial charge on any atom is -0.484 e. The van der Waals surface area contributed by atoms with E-state index >= 15 is 0 Å². The Morgan fingerprint density at radius 1 is 0.970 bits per heavy atom. The Kier molecular flexibility index (Phi) is 5.75. The van der Waals surface area contributed by atoms with Gasteiger partial charge in [0.15, 0.2) is 11.7 Å². The first-order chi connectivity index (χ1) is 16.1. The van der Waals surface area contributed by atoms with Crippen LogP contribution < -0.4 is 9.64 Å². The number of amides is 1. The molecule has 0 aliphatic carbocycles. The second-order valence-corrected chi connectivity index (χ2v) is 9.00. The fourth-order valence-electron chi connectivity index (χ4n) is 3.88. The van der Waals surface area contributed by atoms with Gasteiger partial charge in [-0.1, -0.05) is 53.8 Å². The first-order valence-electron chi connectivity index (χ1n) is 10.8. The van der Waals surface area contributed by atoms with E-state index in [0.29, 0.717) is 17.4 Å². The van der Waals surface area contributed by atoms with Gasteiger partial charge in [0, 0.05) is 6.20 Å². The molecular weight excluding hydrogens is 430 g/mol. The van der Waals surface area contributed by atoms with E-state index in [1.807, 2.05) is 54.6 Å². The normalized spacial score (nSPS) is 11.1. The molecule has 2 aromatic heterocycles. The summed E-state index contributed by atoms with van der Waals surface area (Å²) in [5, 5.41) is 2.86. The number of aromatic nitrogens is 2. The molecule has 1 amide bonds. The first-order valence-corrected chi connectivity index (χ1v) is 11.6. The summed E-state index contributed by atoms with van der Waals surface area (Å²) in [4.78, 5) is 24.2. The summed E-state index contributed by atoms with van der Waals surface area (Å²) in [6.07, 6.45) is 1.73. The fraction of sp³-hybridized carbons (Fsp3) is 0.148. The van der Waals surface area contributed by atoms with E-state index in [1.165, 1.54) is 11.3 Å². The van der Waals surface area contributed by atoms with E-state index in [9.17, 15) is 4.79 Å². The number of benzene rings is 3. The summed E-state index contributed by atoms with van der Waals surface area (Å²) in [6.45, 7) is 4.38. The van der Waals surface area contributed by atoms with E-state index in [-0.39, 0.29) is 12.5 Å². The van der Waals surface area contributed by atoms with Crippen molar-refractivity contribution in [2.45, 2.75) is 20.4 Å². The van der Waals surface area contributed by atoms with Crippen LogP contribution in [0.5, 0.6) is 5.75 Å². The molecule has 0 aliphatic rings. The molecule has 2 heterocycles. The standard InChI is InChI=1S/C27H23N3O2S/c1-18-13-19(2)26-24(14-18)29-27(33-26)30(16-22-9-5-6-12-28-22)25(31)17-32-23-11-10-20-7-3-4-8-21(20)15-23/h3-15H,16-17H2,1-2H3. The molecule has 5 aromatic rings. The molecular formula is C27H23N3O2S. The van der Waals surface area contributed by atoms with Gasteiger partial charge < -0.3 is 4.74 Å². The van der Waals surface area contributed by atoms with Crippen LogP contribution in [0.15, 0.2) is 79.0 Å². The summed E-state index contributed by atoms with van der Waals surface area (Å²) in [6, 6.07) is 23.8. The largest absolute Gasteiger partial charge is 0.484 e. The first kappa shape index (κ1) is 21.1. The molecule has 164 valence electrons. The number of fused-ring (bicyclic) bond motifs is 2. The quantitative estimate of drug-likeness (QED) is 0.313. The summed E-state index contributed by atoms with van der Waals surface area (Å²) < 4.78 is 6.99. The molecule has 0 aliphatic heterocycles. The van der Waals surface area contributed by atoms with E-state index in [0.717, 1.165) is 37.8 Å². The van der Waals surface area contributed by atoms with E-state index < -0.39 is 0 Å². The molecule has 0 N–H and O–H groups in total.